The number of rotatable bonds is 4. The minimum atomic E-state index is -3.44. The van der Waals surface area contributed by atoms with Crippen LogP contribution in [0, 0.1) is 6.92 Å². The van der Waals surface area contributed by atoms with E-state index in [1.54, 1.807) is 29.4 Å². The van der Waals surface area contributed by atoms with Crippen molar-refractivity contribution in [3.63, 3.8) is 0 Å². The van der Waals surface area contributed by atoms with Crippen molar-refractivity contribution in [2.45, 2.75) is 30.4 Å². The van der Waals surface area contributed by atoms with Crippen LogP contribution in [0.3, 0.4) is 0 Å². The highest BCUT2D eigenvalue weighted by Gasteiger charge is 2.30. The molecular weight excluding hydrogens is 324 g/mol. The fraction of sp³-hybridized carbons (Fsp3) is 0.500. The van der Waals surface area contributed by atoms with Gasteiger partial charge in [-0.25, -0.2) is 8.42 Å². The average Bonchev–Trinajstić information content (AvgIpc) is 2.46. The summed E-state index contributed by atoms with van der Waals surface area (Å²) in [6.45, 7) is 5.03. The van der Waals surface area contributed by atoms with E-state index in [-0.39, 0.29) is 4.99 Å². The molecule has 1 aromatic rings. The smallest absolute Gasteiger partial charge is 0.243 e. The molecule has 1 aromatic carbocycles. The Bertz CT molecular complexity index is 644. The van der Waals surface area contributed by atoms with Gasteiger partial charge >= 0.3 is 0 Å². The second-order valence-corrected chi connectivity index (χ2v) is 8.86. The van der Waals surface area contributed by atoms with Crippen LogP contribution in [0.5, 0.6) is 0 Å². The quantitative estimate of drug-likeness (QED) is 0.848. The third-order valence-corrected chi connectivity index (χ3v) is 7.27. The molecule has 116 valence electrons. The molecule has 1 unspecified atom stereocenters. The van der Waals surface area contributed by atoms with Gasteiger partial charge in [-0.05, 0) is 31.0 Å². The lowest BCUT2D eigenvalue weighted by Gasteiger charge is -2.31. The molecule has 1 aliphatic rings. The van der Waals surface area contributed by atoms with E-state index in [0.717, 1.165) is 12.2 Å². The van der Waals surface area contributed by atoms with E-state index in [0.29, 0.717) is 34.4 Å². The molecular formula is C14H20N2O2S3. The summed E-state index contributed by atoms with van der Waals surface area (Å²) in [5, 5.41) is 0.379. The maximum Gasteiger partial charge on any atom is 0.243 e. The predicted octanol–water partition coefficient (Wildman–Crippen LogP) is 2.15. The average molecular weight is 345 g/mol. The van der Waals surface area contributed by atoms with Crippen LogP contribution in [-0.4, -0.2) is 41.8 Å². The number of aryl methyl sites for hydroxylation is 1. The number of nitrogens with zero attached hydrogens (tertiary/aromatic N) is 1. The molecule has 1 fully saturated rings. The van der Waals surface area contributed by atoms with Crippen LogP contribution in [0.25, 0.3) is 0 Å². The van der Waals surface area contributed by atoms with E-state index in [1.807, 2.05) is 11.8 Å². The summed E-state index contributed by atoms with van der Waals surface area (Å²) in [7, 11) is -3.44. The van der Waals surface area contributed by atoms with Crippen LogP contribution in [-0.2, 0) is 10.0 Å². The number of thiocarbonyl (C=S) groups is 1. The minimum Gasteiger partial charge on any atom is -0.389 e. The highest BCUT2D eigenvalue weighted by molar-refractivity contribution is 8.00. The number of hydrogen-bond donors (Lipinski definition) is 1. The number of sulfonamides is 1. The van der Waals surface area contributed by atoms with Gasteiger partial charge in [0.15, 0.2) is 0 Å². The first kappa shape index (κ1) is 16.7. The zero-order chi connectivity index (χ0) is 15.6. The maximum absolute atomic E-state index is 12.8. The van der Waals surface area contributed by atoms with Crippen molar-refractivity contribution in [1.82, 2.24) is 4.31 Å². The van der Waals surface area contributed by atoms with Crippen LogP contribution in [0.4, 0.5) is 0 Å². The Hall–Kier alpha value is -0.630. The first-order chi connectivity index (χ1) is 9.86. The molecule has 1 aliphatic heterocycles. The molecule has 7 heteroatoms. The van der Waals surface area contributed by atoms with Gasteiger partial charge in [-0.15, -0.1) is 0 Å². The van der Waals surface area contributed by atoms with Crippen LogP contribution < -0.4 is 5.73 Å². The molecule has 0 spiro atoms. The summed E-state index contributed by atoms with van der Waals surface area (Å²) in [5.74, 6) is 0.849. The van der Waals surface area contributed by atoms with Gasteiger partial charge < -0.3 is 5.73 Å². The molecule has 4 nitrogen and oxygen atoms in total. The number of thioether (sulfide) groups is 1. The Balaban J connectivity index is 2.33. The van der Waals surface area contributed by atoms with E-state index in [9.17, 15) is 8.42 Å². The molecule has 0 saturated carbocycles. The largest absolute Gasteiger partial charge is 0.389 e. The molecule has 0 aromatic heterocycles. The minimum absolute atomic E-state index is 0.280. The normalized spacial score (nSPS) is 20.4. The van der Waals surface area contributed by atoms with Crippen molar-refractivity contribution in [3.05, 3.63) is 29.3 Å². The second kappa shape index (κ2) is 6.64. The van der Waals surface area contributed by atoms with Crippen molar-refractivity contribution in [1.29, 1.82) is 0 Å². The second-order valence-electron chi connectivity index (χ2n) is 5.11. The van der Waals surface area contributed by atoms with Gasteiger partial charge in [0.05, 0.1) is 4.90 Å². The van der Waals surface area contributed by atoms with Gasteiger partial charge in [0.25, 0.3) is 0 Å². The lowest BCUT2D eigenvalue weighted by molar-refractivity contribution is 0.415. The third kappa shape index (κ3) is 3.59. The van der Waals surface area contributed by atoms with Gasteiger partial charge in [-0.1, -0.05) is 25.2 Å². The molecule has 0 radical (unpaired) electrons. The summed E-state index contributed by atoms with van der Waals surface area (Å²) < 4.78 is 27.2. The lowest BCUT2D eigenvalue weighted by atomic mass is 10.1. The van der Waals surface area contributed by atoms with Crippen molar-refractivity contribution >= 4 is 39.0 Å². The zero-order valence-electron chi connectivity index (χ0n) is 12.2. The molecule has 21 heavy (non-hydrogen) atoms. The molecule has 0 bridgehead atoms. The summed E-state index contributed by atoms with van der Waals surface area (Å²) in [6.07, 6.45) is 0.982. The van der Waals surface area contributed by atoms with Crippen LogP contribution >= 0.6 is 24.0 Å². The molecule has 0 aliphatic carbocycles. The summed E-state index contributed by atoms with van der Waals surface area (Å²) in [5.41, 5.74) is 6.97. The number of benzene rings is 1. The van der Waals surface area contributed by atoms with E-state index in [1.165, 1.54) is 0 Å². The summed E-state index contributed by atoms with van der Waals surface area (Å²) >= 11 is 6.78. The standard InChI is InChI=1S/C14H20N2O2S3/c1-3-12-9-16(6-7-20-12)21(17,18)13-5-4-11(14(15)19)8-10(13)2/h4-5,8,12H,3,6-7,9H2,1-2H3,(H2,15,19). The Morgan fingerprint density at radius 2 is 2.24 bits per heavy atom. The number of hydrogen-bond acceptors (Lipinski definition) is 4. The van der Waals surface area contributed by atoms with Gasteiger partial charge in [0, 0.05) is 29.7 Å². The highest BCUT2D eigenvalue weighted by Crippen LogP contribution is 2.27. The first-order valence-corrected chi connectivity index (χ1v) is 9.78. The third-order valence-electron chi connectivity index (χ3n) is 3.63. The van der Waals surface area contributed by atoms with Crippen molar-refractivity contribution in [3.8, 4) is 0 Å². The Labute approximate surface area is 136 Å². The van der Waals surface area contributed by atoms with E-state index in [2.05, 4.69) is 6.92 Å². The Morgan fingerprint density at radius 3 is 2.81 bits per heavy atom. The monoisotopic (exact) mass is 344 g/mol. The zero-order valence-corrected chi connectivity index (χ0v) is 14.7. The van der Waals surface area contributed by atoms with E-state index >= 15 is 0 Å². The highest BCUT2D eigenvalue weighted by atomic mass is 32.2. The Morgan fingerprint density at radius 1 is 1.52 bits per heavy atom. The van der Waals surface area contributed by atoms with Crippen LogP contribution in [0.1, 0.15) is 24.5 Å². The van der Waals surface area contributed by atoms with Gasteiger partial charge in [-0.2, -0.15) is 16.1 Å². The van der Waals surface area contributed by atoms with Gasteiger partial charge in [-0.3, -0.25) is 0 Å². The maximum atomic E-state index is 12.8. The summed E-state index contributed by atoms with van der Waals surface area (Å²) in [4.78, 5) is 0.631. The SMILES string of the molecule is CCC1CN(S(=O)(=O)c2ccc(C(N)=S)cc2C)CCS1. The first-order valence-electron chi connectivity index (χ1n) is 6.88. The van der Waals surface area contributed by atoms with Gasteiger partial charge in [0.2, 0.25) is 10.0 Å². The molecule has 1 heterocycles. The van der Waals surface area contributed by atoms with E-state index in [4.69, 9.17) is 18.0 Å². The van der Waals surface area contributed by atoms with Crippen molar-refractivity contribution < 1.29 is 8.42 Å². The summed E-state index contributed by atoms with van der Waals surface area (Å²) in [6, 6.07) is 5.03. The molecule has 2 rings (SSSR count). The fourth-order valence-electron chi connectivity index (χ4n) is 2.39. The number of nitrogens with two attached hydrogens (primary N) is 1. The lowest BCUT2D eigenvalue weighted by Crippen LogP contribution is -2.41. The fourth-order valence-corrected chi connectivity index (χ4v) is 5.60. The van der Waals surface area contributed by atoms with Crippen molar-refractivity contribution in [2.24, 2.45) is 5.73 Å². The van der Waals surface area contributed by atoms with Crippen LogP contribution in [0.2, 0.25) is 0 Å². The molecule has 0 amide bonds. The molecule has 1 saturated heterocycles. The topological polar surface area (TPSA) is 63.4 Å². The van der Waals surface area contributed by atoms with Gasteiger partial charge in [0.1, 0.15) is 4.99 Å². The van der Waals surface area contributed by atoms with Crippen molar-refractivity contribution in [2.75, 3.05) is 18.8 Å². The molecule has 1 atom stereocenters. The Kier molecular flexibility index (Phi) is 5.29. The van der Waals surface area contributed by atoms with Crippen LogP contribution in [0.15, 0.2) is 23.1 Å². The molecule has 2 N–H and O–H groups in total. The predicted molar refractivity (Wildman–Crippen MR) is 92.4 cm³/mol. The van der Waals surface area contributed by atoms with E-state index < -0.39 is 10.0 Å².